The summed E-state index contributed by atoms with van der Waals surface area (Å²) < 4.78 is 18.7. The summed E-state index contributed by atoms with van der Waals surface area (Å²) in [5, 5.41) is 6.96. The molecule has 0 bridgehead atoms. The molecule has 12 nitrogen and oxygen atoms in total. The van der Waals surface area contributed by atoms with Gasteiger partial charge in [-0.05, 0) is 103 Å². The largest absolute Gasteiger partial charge is 0.493 e. The zero-order valence-corrected chi connectivity index (χ0v) is 40.1. The number of ketones is 2. The van der Waals surface area contributed by atoms with Gasteiger partial charge in [-0.1, -0.05) is 125 Å². The van der Waals surface area contributed by atoms with Crippen LogP contribution in [0.3, 0.4) is 0 Å². The molecule has 3 atom stereocenters. The average Bonchev–Trinajstić information content (AvgIpc) is 3.30. The Bertz CT molecular complexity index is 2460. The van der Waals surface area contributed by atoms with Crippen LogP contribution >= 0.6 is 0 Å². The molecule has 0 radical (unpaired) electrons. The van der Waals surface area contributed by atoms with Gasteiger partial charge >= 0.3 is 5.97 Å². The maximum absolute atomic E-state index is 14.3. The van der Waals surface area contributed by atoms with Crippen LogP contribution in [0.15, 0.2) is 102 Å². The molecule has 0 unspecified atom stereocenters. The van der Waals surface area contributed by atoms with E-state index in [1.165, 1.54) is 0 Å². The maximum Gasteiger partial charge on any atom is 0.309 e. The van der Waals surface area contributed by atoms with E-state index in [1.807, 2.05) is 99.6 Å². The van der Waals surface area contributed by atoms with E-state index in [9.17, 15) is 19.2 Å². The molecular formula is C55H71N5O7. The molecule has 0 spiro atoms. The summed E-state index contributed by atoms with van der Waals surface area (Å²) in [7, 11) is 0. The molecule has 67 heavy (non-hydrogen) atoms. The summed E-state index contributed by atoms with van der Waals surface area (Å²) in [6.45, 7) is 11.3. The van der Waals surface area contributed by atoms with Crippen LogP contribution in [0, 0.1) is 30.6 Å². The van der Waals surface area contributed by atoms with E-state index < -0.39 is 29.8 Å². The lowest BCUT2D eigenvalue weighted by molar-refractivity contribution is -0.152. The Kier molecular flexibility index (Phi) is 20.2. The standard InChI is InChI=1S/C55H71N5O7/c1-36(2)26-29-65-49-24-22-40-16-6-8-19-45(40)51(49)52-46-20-9-7-17-41(46)23-25-50(52)66-35-44(61)32-42(18-10-11-27-56)53(63)60-47(21-13-28-59-55(57)58)48(62)33-43(30-37(3)4)54(64)67-34-39-15-12-14-38(5)31-39/h6-9,12,14-17,19-20,22-25,31,36-37,42-43,47H,10-11,13,18,21,26-30,32-35,56H2,1-5H3,(H,60,63)(H4,57,58,59)/t42-,43+,47+/m0/s1. The number of fused-ring (bicyclic) bond motifs is 2. The average molecular weight is 914 g/mol. The van der Waals surface area contributed by atoms with E-state index in [2.05, 4.69) is 42.4 Å². The van der Waals surface area contributed by atoms with Crippen LogP contribution in [0.5, 0.6) is 11.5 Å². The van der Waals surface area contributed by atoms with Gasteiger partial charge in [0.15, 0.2) is 17.5 Å². The Balaban J connectivity index is 1.37. The van der Waals surface area contributed by atoms with Gasteiger partial charge in [0.25, 0.3) is 0 Å². The van der Waals surface area contributed by atoms with Crippen LogP contribution in [-0.2, 0) is 30.5 Å². The first-order valence-corrected chi connectivity index (χ1v) is 23.9. The van der Waals surface area contributed by atoms with Gasteiger partial charge in [0.1, 0.15) is 24.7 Å². The zero-order chi connectivity index (χ0) is 48.3. The minimum atomic E-state index is -0.956. The van der Waals surface area contributed by atoms with E-state index in [1.54, 1.807) is 0 Å². The van der Waals surface area contributed by atoms with Crippen molar-refractivity contribution in [3.05, 3.63) is 108 Å². The normalized spacial score (nSPS) is 12.7. The van der Waals surface area contributed by atoms with Gasteiger partial charge in [-0.15, -0.1) is 0 Å². The highest BCUT2D eigenvalue weighted by molar-refractivity contribution is 6.10. The number of Topliss-reactive ketones (excluding diaryl/α,β-unsaturated/α-hetero) is 2. The monoisotopic (exact) mass is 914 g/mol. The number of benzene rings is 5. The van der Waals surface area contributed by atoms with Crippen LogP contribution in [-0.4, -0.2) is 61.7 Å². The first-order valence-electron chi connectivity index (χ1n) is 23.9. The molecule has 358 valence electrons. The molecule has 12 heteroatoms. The number of hydrogen-bond acceptors (Lipinski definition) is 9. The molecule has 0 aromatic heterocycles. The molecule has 0 saturated carbocycles. The van der Waals surface area contributed by atoms with Crippen molar-refractivity contribution in [1.82, 2.24) is 5.32 Å². The van der Waals surface area contributed by atoms with Crippen LogP contribution in [0.2, 0.25) is 0 Å². The fourth-order valence-corrected chi connectivity index (χ4v) is 8.41. The lowest BCUT2D eigenvalue weighted by Gasteiger charge is -2.24. The van der Waals surface area contributed by atoms with Gasteiger partial charge < -0.3 is 36.7 Å². The number of aryl methyl sites for hydroxylation is 1. The number of carbonyl (C=O) groups is 4. The fraction of sp³-hybridized carbons (Fsp3) is 0.436. The molecule has 0 aliphatic carbocycles. The van der Waals surface area contributed by atoms with E-state index in [-0.39, 0.29) is 62.5 Å². The van der Waals surface area contributed by atoms with Gasteiger partial charge in [-0.2, -0.15) is 0 Å². The van der Waals surface area contributed by atoms with Crippen LogP contribution in [0.1, 0.15) is 96.6 Å². The SMILES string of the molecule is Cc1cccc(COC(=O)[C@@H](CC(=O)[C@@H](CCCN=C(N)N)NC(=O)[C@@H](CCCCN)CC(=O)COc2ccc3ccccc3c2-c2c(OCCC(C)C)ccc3ccccc23)CC(C)C)c1. The number of nitrogens with two attached hydrogens (primary N) is 3. The number of unbranched alkanes of at least 4 members (excludes halogenated alkanes) is 1. The van der Waals surface area contributed by atoms with Gasteiger partial charge in [0.05, 0.1) is 18.6 Å². The quantitative estimate of drug-likeness (QED) is 0.0162. The van der Waals surface area contributed by atoms with E-state index in [0.29, 0.717) is 56.9 Å². The van der Waals surface area contributed by atoms with Gasteiger partial charge in [0, 0.05) is 36.4 Å². The summed E-state index contributed by atoms with van der Waals surface area (Å²) in [5.74, 6) is -1.25. The molecule has 0 aliphatic heterocycles. The highest BCUT2D eigenvalue weighted by Gasteiger charge is 2.32. The Morgan fingerprint density at radius 3 is 1.96 bits per heavy atom. The number of hydrogen-bond donors (Lipinski definition) is 4. The minimum absolute atomic E-state index is 0.0793. The second kappa shape index (κ2) is 26.2. The van der Waals surface area contributed by atoms with E-state index >= 15 is 0 Å². The second-order valence-corrected chi connectivity index (χ2v) is 18.5. The summed E-state index contributed by atoms with van der Waals surface area (Å²) >= 11 is 0. The number of esters is 1. The Morgan fingerprint density at radius 1 is 0.687 bits per heavy atom. The summed E-state index contributed by atoms with van der Waals surface area (Å²) in [5.41, 5.74) is 20.6. The Morgan fingerprint density at radius 2 is 1.34 bits per heavy atom. The molecule has 5 aromatic rings. The van der Waals surface area contributed by atoms with Crippen LogP contribution in [0.25, 0.3) is 32.7 Å². The molecule has 0 aliphatic rings. The number of ether oxygens (including phenoxy) is 3. The molecular weight excluding hydrogens is 843 g/mol. The number of nitrogens with one attached hydrogen (secondary N) is 1. The van der Waals surface area contributed by atoms with Gasteiger partial charge in [-0.25, -0.2) is 0 Å². The number of aliphatic imine (C=N–C) groups is 1. The second-order valence-electron chi connectivity index (χ2n) is 18.5. The third-order valence-electron chi connectivity index (χ3n) is 11.9. The molecule has 5 rings (SSSR count). The maximum atomic E-state index is 14.3. The summed E-state index contributed by atoms with van der Waals surface area (Å²) in [6.07, 6.45) is 3.31. The molecule has 1 amide bonds. The Hall–Kier alpha value is -6.27. The lowest BCUT2D eigenvalue weighted by Crippen LogP contribution is -2.45. The van der Waals surface area contributed by atoms with Crippen molar-refractivity contribution in [1.29, 1.82) is 0 Å². The highest BCUT2D eigenvalue weighted by atomic mass is 16.5. The summed E-state index contributed by atoms with van der Waals surface area (Å²) in [4.78, 5) is 60.1. The minimum Gasteiger partial charge on any atom is -0.493 e. The van der Waals surface area contributed by atoms with Crippen molar-refractivity contribution in [2.24, 2.45) is 45.9 Å². The number of carbonyl (C=O) groups excluding carboxylic acids is 4. The summed E-state index contributed by atoms with van der Waals surface area (Å²) in [6, 6.07) is 30.9. The topological polar surface area (TPSA) is 198 Å². The van der Waals surface area contributed by atoms with Crippen molar-refractivity contribution in [2.75, 3.05) is 26.3 Å². The predicted octanol–water partition coefficient (Wildman–Crippen LogP) is 9.38. The van der Waals surface area contributed by atoms with E-state index in [4.69, 9.17) is 31.4 Å². The number of amides is 1. The number of nitrogens with zero attached hydrogens (tertiary/aromatic N) is 1. The van der Waals surface area contributed by atoms with Crippen molar-refractivity contribution in [3.63, 3.8) is 0 Å². The fourth-order valence-electron chi connectivity index (χ4n) is 8.41. The molecule has 0 fully saturated rings. The Labute approximate surface area is 396 Å². The molecule has 5 aromatic carbocycles. The number of rotatable bonds is 28. The van der Waals surface area contributed by atoms with Gasteiger partial charge in [0.2, 0.25) is 5.91 Å². The molecule has 7 N–H and O–H groups in total. The molecule has 0 heterocycles. The van der Waals surface area contributed by atoms with Crippen LogP contribution in [0.4, 0.5) is 0 Å². The smallest absolute Gasteiger partial charge is 0.309 e. The van der Waals surface area contributed by atoms with Crippen molar-refractivity contribution < 1.29 is 33.4 Å². The highest BCUT2D eigenvalue weighted by Crippen LogP contribution is 2.45. The zero-order valence-electron chi connectivity index (χ0n) is 40.1. The van der Waals surface area contributed by atoms with Crippen molar-refractivity contribution in [3.8, 4) is 22.6 Å². The van der Waals surface area contributed by atoms with Gasteiger partial charge in [-0.3, -0.25) is 24.2 Å². The predicted molar refractivity (Wildman–Crippen MR) is 269 cm³/mol. The van der Waals surface area contributed by atoms with Crippen molar-refractivity contribution in [2.45, 2.75) is 105 Å². The first kappa shape index (κ1) is 51.7. The number of guanidine groups is 1. The first-order chi connectivity index (χ1) is 32.2. The van der Waals surface area contributed by atoms with E-state index in [0.717, 1.165) is 56.0 Å². The van der Waals surface area contributed by atoms with Crippen molar-refractivity contribution >= 4 is 50.9 Å². The van der Waals surface area contributed by atoms with Crippen LogP contribution < -0.4 is 32.0 Å². The third kappa shape index (κ3) is 15.9. The lowest BCUT2D eigenvalue weighted by atomic mass is 9.89. The third-order valence-corrected chi connectivity index (χ3v) is 11.9. The molecule has 0 saturated heterocycles.